The Kier molecular flexibility index (Phi) is 7.64. The zero-order valence-corrected chi connectivity index (χ0v) is 20.9. The molecule has 2 heterocycles. The molecule has 3 N–H and O–H groups in total. The molecular weight excluding hydrogens is 515 g/mol. The highest BCUT2D eigenvalue weighted by Gasteiger charge is 2.36. The molecule has 2 aromatic rings. The average Bonchev–Trinajstić information content (AvgIpc) is 2.75. The Morgan fingerprint density at radius 1 is 1.21 bits per heavy atom. The predicted octanol–water partition coefficient (Wildman–Crippen LogP) is 5.62. The van der Waals surface area contributed by atoms with Crippen LogP contribution in [0.4, 0.5) is 29.6 Å². The number of nitrogens with two attached hydrogens (primary N) is 1. The van der Waals surface area contributed by atoms with Gasteiger partial charge in [0.25, 0.3) is 0 Å². The molecular formula is C23H29BrF3N5O2. The number of carboxylic acid groups (broad SMARTS) is 1. The van der Waals surface area contributed by atoms with E-state index >= 15 is 0 Å². The molecule has 1 aliphatic heterocycles. The van der Waals surface area contributed by atoms with Gasteiger partial charge in [0.2, 0.25) is 0 Å². The van der Waals surface area contributed by atoms with Crippen LogP contribution in [0.2, 0.25) is 0 Å². The first-order valence-corrected chi connectivity index (χ1v) is 11.8. The van der Waals surface area contributed by atoms with Gasteiger partial charge in [-0.2, -0.15) is 13.2 Å². The molecule has 1 aliphatic rings. The monoisotopic (exact) mass is 543 g/mol. The first-order valence-electron chi connectivity index (χ1n) is 11.0. The summed E-state index contributed by atoms with van der Waals surface area (Å²) in [4.78, 5) is 23.8. The van der Waals surface area contributed by atoms with Crippen molar-refractivity contribution in [2.45, 2.75) is 51.2 Å². The molecule has 0 bridgehead atoms. The SMILES string of the molecule is CC(C)(C)N(CC(c1ccc(C(F)(F)F)cc1)C1CCN(c2ncnc(N)c2Br)CC1)C(=O)O. The van der Waals surface area contributed by atoms with Gasteiger partial charge in [0.1, 0.15) is 22.4 Å². The van der Waals surface area contributed by atoms with Gasteiger partial charge in [-0.15, -0.1) is 0 Å². The van der Waals surface area contributed by atoms with Gasteiger partial charge in [0.05, 0.1) is 5.56 Å². The third kappa shape index (κ3) is 5.92. The molecule has 7 nitrogen and oxygen atoms in total. The highest BCUT2D eigenvalue weighted by molar-refractivity contribution is 9.10. The second-order valence-corrected chi connectivity index (χ2v) is 10.3. The Hall–Kier alpha value is -2.56. The van der Waals surface area contributed by atoms with Gasteiger partial charge in [-0.25, -0.2) is 14.8 Å². The van der Waals surface area contributed by atoms with E-state index in [-0.39, 0.29) is 18.4 Å². The van der Waals surface area contributed by atoms with Crippen molar-refractivity contribution >= 4 is 33.7 Å². The lowest BCUT2D eigenvalue weighted by Gasteiger charge is -2.41. The zero-order chi connectivity index (χ0) is 25.3. The topological polar surface area (TPSA) is 95.6 Å². The van der Waals surface area contributed by atoms with Crippen molar-refractivity contribution < 1.29 is 23.1 Å². The number of nitrogen functional groups attached to an aromatic ring is 1. The second-order valence-electron chi connectivity index (χ2n) is 9.51. The van der Waals surface area contributed by atoms with Crippen LogP contribution in [0.15, 0.2) is 35.1 Å². The minimum absolute atomic E-state index is 0.0788. The number of hydrogen-bond acceptors (Lipinski definition) is 5. The molecule has 0 aliphatic carbocycles. The molecule has 1 saturated heterocycles. The Morgan fingerprint density at radius 2 is 1.79 bits per heavy atom. The molecule has 0 spiro atoms. The number of alkyl halides is 3. The third-order valence-corrected chi connectivity index (χ3v) is 7.05. The standard InChI is InChI=1S/C23H29BrF3N5O2/c1-22(2,3)32(21(33)34)12-17(14-4-6-16(7-5-14)23(25,26)27)15-8-10-31(11-9-15)20-18(24)19(28)29-13-30-20/h4-7,13,15,17H,8-12H2,1-3H3,(H,33,34)(H2,28,29,30). The Labute approximate surface area is 205 Å². The number of benzene rings is 1. The van der Waals surface area contributed by atoms with Gasteiger partial charge in [-0.05, 0) is 73.2 Å². The summed E-state index contributed by atoms with van der Waals surface area (Å²) in [6, 6.07) is 5.09. The molecule has 11 heteroatoms. The Bertz CT molecular complexity index is 1000. The average molecular weight is 544 g/mol. The van der Waals surface area contributed by atoms with Crippen LogP contribution < -0.4 is 10.6 Å². The maximum absolute atomic E-state index is 13.1. The number of piperidine rings is 1. The summed E-state index contributed by atoms with van der Waals surface area (Å²) in [7, 11) is 0. The molecule has 1 atom stereocenters. The molecule has 1 aromatic carbocycles. The number of hydrogen-bond donors (Lipinski definition) is 2. The molecule has 0 radical (unpaired) electrons. The fraction of sp³-hybridized carbons (Fsp3) is 0.522. The minimum Gasteiger partial charge on any atom is -0.465 e. The van der Waals surface area contributed by atoms with Crippen molar-refractivity contribution in [3.8, 4) is 0 Å². The van der Waals surface area contributed by atoms with Crippen molar-refractivity contribution in [1.82, 2.24) is 14.9 Å². The van der Waals surface area contributed by atoms with Gasteiger partial charge in [0.15, 0.2) is 0 Å². The molecule has 1 unspecified atom stereocenters. The lowest BCUT2D eigenvalue weighted by atomic mass is 9.79. The summed E-state index contributed by atoms with van der Waals surface area (Å²) in [6.07, 6.45) is -2.63. The second kappa shape index (κ2) is 9.97. The molecule has 186 valence electrons. The summed E-state index contributed by atoms with van der Waals surface area (Å²) in [5, 5.41) is 9.84. The van der Waals surface area contributed by atoms with Gasteiger partial charge < -0.3 is 20.6 Å². The minimum atomic E-state index is -4.43. The van der Waals surface area contributed by atoms with E-state index in [0.717, 1.165) is 25.0 Å². The number of rotatable bonds is 5. The third-order valence-electron chi connectivity index (χ3n) is 6.29. The number of aromatic nitrogens is 2. The summed E-state index contributed by atoms with van der Waals surface area (Å²) < 4.78 is 39.9. The van der Waals surface area contributed by atoms with Crippen molar-refractivity contribution in [2.75, 3.05) is 30.3 Å². The fourth-order valence-corrected chi connectivity index (χ4v) is 4.84. The number of halogens is 4. The van der Waals surface area contributed by atoms with Crippen LogP contribution in [0.25, 0.3) is 0 Å². The summed E-state index contributed by atoms with van der Waals surface area (Å²) >= 11 is 3.43. The lowest BCUT2D eigenvalue weighted by Crippen LogP contribution is -2.48. The molecule has 1 aromatic heterocycles. The van der Waals surface area contributed by atoms with Crippen LogP contribution in [0, 0.1) is 5.92 Å². The molecule has 1 amide bonds. The van der Waals surface area contributed by atoms with Crippen LogP contribution >= 0.6 is 15.9 Å². The molecule has 0 saturated carbocycles. The van der Waals surface area contributed by atoms with E-state index in [1.54, 1.807) is 0 Å². The molecule has 3 rings (SSSR count). The highest BCUT2D eigenvalue weighted by Crippen LogP contribution is 2.38. The van der Waals surface area contributed by atoms with Crippen LogP contribution in [0.1, 0.15) is 50.7 Å². The van der Waals surface area contributed by atoms with E-state index in [2.05, 4.69) is 30.8 Å². The first-order chi connectivity index (χ1) is 15.8. The molecule has 34 heavy (non-hydrogen) atoms. The summed E-state index contributed by atoms with van der Waals surface area (Å²) in [5.74, 6) is 0.865. The van der Waals surface area contributed by atoms with E-state index in [9.17, 15) is 23.1 Å². The number of carbonyl (C=O) groups is 1. The fourth-order valence-electron chi connectivity index (χ4n) is 4.39. The van der Waals surface area contributed by atoms with Crippen LogP contribution in [0.3, 0.4) is 0 Å². The first kappa shape index (κ1) is 26.1. The normalized spacial score (nSPS) is 16.4. The van der Waals surface area contributed by atoms with Gasteiger partial charge in [-0.3, -0.25) is 0 Å². The Morgan fingerprint density at radius 3 is 2.29 bits per heavy atom. The zero-order valence-electron chi connectivity index (χ0n) is 19.3. The highest BCUT2D eigenvalue weighted by atomic mass is 79.9. The molecule has 1 fully saturated rings. The quantitative estimate of drug-likeness (QED) is 0.508. The number of amides is 1. The smallest absolute Gasteiger partial charge is 0.416 e. The van der Waals surface area contributed by atoms with Gasteiger partial charge >= 0.3 is 12.3 Å². The Balaban J connectivity index is 1.87. The van der Waals surface area contributed by atoms with Crippen molar-refractivity contribution in [1.29, 1.82) is 0 Å². The van der Waals surface area contributed by atoms with E-state index in [0.29, 0.717) is 34.8 Å². The maximum atomic E-state index is 13.1. The van der Waals surface area contributed by atoms with E-state index < -0.39 is 23.4 Å². The van der Waals surface area contributed by atoms with E-state index in [4.69, 9.17) is 5.73 Å². The number of nitrogens with zero attached hydrogens (tertiary/aromatic N) is 4. The predicted molar refractivity (Wildman–Crippen MR) is 128 cm³/mol. The van der Waals surface area contributed by atoms with Gasteiger partial charge in [0, 0.05) is 31.1 Å². The van der Waals surface area contributed by atoms with Crippen molar-refractivity contribution in [3.05, 3.63) is 46.2 Å². The van der Waals surface area contributed by atoms with Crippen LogP contribution in [-0.2, 0) is 6.18 Å². The van der Waals surface area contributed by atoms with Crippen molar-refractivity contribution in [2.24, 2.45) is 5.92 Å². The van der Waals surface area contributed by atoms with Crippen LogP contribution in [0.5, 0.6) is 0 Å². The maximum Gasteiger partial charge on any atom is 0.416 e. The summed E-state index contributed by atoms with van der Waals surface area (Å²) in [6.45, 7) is 6.93. The largest absolute Gasteiger partial charge is 0.465 e. The van der Waals surface area contributed by atoms with E-state index in [1.807, 2.05) is 20.8 Å². The van der Waals surface area contributed by atoms with Gasteiger partial charge in [-0.1, -0.05) is 12.1 Å². The van der Waals surface area contributed by atoms with Crippen molar-refractivity contribution in [3.63, 3.8) is 0 Å². The number of anilines is 2. The van der Waals surface area contributed by atoms with E-state index in [1.165, 1.54) is 23.4 Å². The van der Waals surface area contributed by atoms with Crippen LogP contribution in [-0.4, -0.2) is 51.2 Å². The lowest BCUT2D eigenvalue weighted by molar-refractivity contribution is -0.137. The summed E-state index contributed by atoms with van der Waals surface area (Å²) in [5.41, 5.74) is 5.21.